The summed E-state index contributed by atoms with van der Waals surface area (Å²) < 4.78 is 24.8. The fourth-order valence-electron chi connectivity index (χ4n) is 2.93. The van der Waals surface area contributed by atoms with Gasteiger partial charge in [-0.2, -0.15) is 0 Å². The third-order valence-corrected chi connectivity index (χ3v) is 5.84. The van der Waals surface area contributed by atoms with Gasteiger partial charge in [0.15, 0.2) is 0 Å². The van der Waals surface area contributed by atoms with E-state index in [1.807, 2.05) is 0 Å². The molecule has 0 radical (unpaired) electrons. The smallest absolute Gasteiger partial charge is 0.253 e. The molecule has 0 unspecified atom stereocenters. The molecule has 8 heteroatoms. The van der Waals surface area contributed by atoms with E-state index in [2.05, 4.69) is 5.32 Å². The summed E-state index contributed by atoms with van der Waals surface area (Å²) in [5, 5.41) is 2.84. The standard InChI is InChI=1S/C17H23N3O4S/c1-25(23,24)20-9-3-8-19(10-11-20)17(22)14-4-2-5-15(12-14)18-16(21)13-6-7-13/h2,4-5,12-13H,3,6-11H2,1H3,(H,18,21). The minimum Gasteiger partial charge on any atom is -0.337 e. The van der Waals surface area contributed by atoms with Gasteiger partial charge >= 0.3 is 0 Å². The van der Waals surface area contributed by atoms with Crippen LogP contribution in [0.2, 0.25) is 0 Å². The van der Waals surface area contributed by atoms with E-state index in [-0.39, 0.29) is 17.7 Å². The molecular weight excluding hydrogens is 342 g/mol. The number of nitrogens with zero attached hydrogens (tertiary/aromatic N) is 2. The van der Waals surface area contributed by atoms with E-state index in [1.165, 1.54) is 10.6 Å². The Balaban J connectivity index is 1.67. The van der Waals surface area contributed by atoms with E-state index in [4.69, 9.17) is 0 Å². The summed E-state index contributed by atoms with van der Waals surface area (Å²) in [6.45, 7) is 1.62. The molecule has 1 saturated carbocycles. The number of anilines is 1. The van der Waals surface area contributed by atoms with Gasteiger partial charge in [0.2, 0.25) is 15.9 Å². The third kappa shape index (κ3) is 4.58. The van der Waals surface area contributed by atoms with Gasteiger partial charge in [-0.25, -0.2) is 12.7 Å². The third-order valence-electron chi connectivity index (χ3n) is 4.54. The maximum atomic E-state index is 12.7. The van der Waals surface area contributed by atoms with E-state index < -0.39 is 10.0 Å². The zero-order valence-electron chi connectivity index (χ0n) is 14.3. The number of amides is 2. The Morgan fingerprint density at radius 2 is 1.88 bits per heavy atom. The number of benzene rings is 1. The Morgan fingerprint density at radius 1 is 1.12 bits per heavy atom. The number of hydrogen-bond acceptors (Lipinski definition) is 4. The molecule has 1 aliphatic heterocycles. The summed E-state index contributed by atoms with van der Waals surface area (Å²) in [5.41, 5.74) is 1.12. The van der Waals surface area contributed by atoms with Crippen LogP contribution < -0.4 is 5.32 Å². The van der Waals surface area contributed by atoms with Crippen molar-refractivity contribution in [3.05, 3.63) is 29.8 Å². The minimum atomic E-state index is -3.24. The number of rotatable bonds is 4. The van der Waals surface area contributed by atoms with Crippen LogP contribution >= 0.6 is 0 Å². The van der Waals surface area contributed by atoms with Crippen LogP contribution in [0.3, 0.4) is 0 Å². The second-order valence-electron chi connectivity index (χ2n) is 6.65. The Hall–Kier alpha value is -1.93. The van der Waals surface area contributed by atoms with Crippen molar-refractivity contribution in [2.45, 2.75) is 19.3 Å². The molecule has 2 fully saturated rings. The second kappa shape index (κ2) is 7.13. The van der Waals surface area contributed by atoms with Crippen LogP contribution in [0.15, 0.2) is 24.3 Å². The number of nitrogens with one attached hydrogen (secondary N) is 1. The second-order valence-corrected chi connectivity index (χ2v) is 8.63. The highest BCUT2D eigenvalue weighted by atomic mass is 32.2. The Labute approximate surface area is 148 Å². The number of hydrogen-bond donors (Lipinski definition) is 1. The highest BCUT2D eigenvalue weighted by Crippen LogP contribution is 2.30. The molecule has 0 spiro atoms. The highest BCUT2D eigenvalue weighted by molar-refractivity contribution is 7.88. The number of carbonyl (C=O) groups is 2. The minimum absolute atomic E-state index is 0.00293. The van der Waals surface area contributed by atoms with Crippen molar-refractivity contribution < 1.29 is 18.0 Å². The van der Waals surface area contributed by atoms with E-state index in [9.17, 15) is 18.0 Å². The zero-order chi connectivity index (χ0) is 18.0. The first-order valence-corrected chi connectivity index (χ1v) is 10.3. The lowest BCUT2D eigenvalue weighted by Gasteiger charge is -2.21. The largest absolute Gasteiger partial charge is 0.337 e. The van der Waals surface area contributed by atoms with Crippen molar-refractivity contribution in [1.29, 1.82) is 0 Å². The average Bonchev–Trinajstić information content (AvgIpc) is 3.39. The molecule has 0 atom stereocenters. The monoisotopic (exact) mass is 365 g/mol. The molecule has 0 bridgehead atoms. The lowest BCUT2D eigenvalue weighted by molar-refractivity contribution is -0.117. The van der Waals surface area contributed by atoms with Crippen molar-refractivity contribution in [3.63, 3.8) is 0 Å². The van der Waals surface area contributed by atoms with Crippen LogP contribution in [-0.2, 0) is 14.8 Å². The maximum Gasteiger partial charge on any atom is 0.253 e. The van der Waals surface area contributed by atoms with Gasteiger partial charge in [-0.05, 0) is 37.5 Å². The predicted octanol–water partition coefficient (Wildman–Crippen LogP) is 1.14. The molecule has 1 aromatic carbocycles. The number of sulfonamides is 1. The van der Waals surface area contributed by atoms with Gasteiger partial charge in [0.05, 0.1) is 6.26 Å². The van der Waals surface area contributed by atoms with Gasteiger partial charge in [0.1, 0.15) is 0 Å². The van der Waals surface area contributed by atoms with Crippen LogP contribution in [0.1, 0.15) is 29.6 Å². The molecule has 1 saturated heterocycles. The van der Waals surface area contributed by atoms with E-state index in [0.717, 1.165) is 12.8 Å². The first-order valence-electron chi connectivity index (χ1n) is 8.50. The number of carbonyl (C=O) groups excluding carboxylic acids is 2. The molecule has 1 aliphatic carbocycles. The van der Waals surface area contributed by atoms with Crippen LogP contribution in [0, 0.1) is 5.92 Å². The molecule has 0 aromatic heterocycles. The van der Waals surface area contributed by atoms with Gasteiger partial charge in [0.25, 0.3) is 5.91 Å². The summed E-state index contributed by atoms with van der Waals surface area (Å²) in [4.78, 5) is 26.3. The lowest BCUT2D eigenvalue weighted by Crippen LogP contribution is -2.37. The summed E-state index contributed by atoms with van der Waals surface area (Å²) in [7, 11) is -3.24. The van der Waals surface area contributed by atoms with Crippen molar-refractivity contribution in [2.24, 2.45) is 5.92 Å². The molecular formula is C17H23N3O4S. The van der Waals surface area contributed by atoms with Crippen molar-refractivity contribution in [3.8, 4) is 0 Å². The summed E-state index contributed by atoms with van der Waals surface area (Å²) in [6, 6.07) is 6.91. The Morgan fingerprint density at radius 3 is 2.56 bits per heavy atom. The lowest BCUT2D eigenvalue weighted by atomic mass is 10.1. The summed E-state index contributed by atoms with van der Waals surface area (Å²) in [5.74, 6) is -0.0343. The molecule has 1 aromatic rings. The molecule has 1 heterocycles. The molecule has 2 amide bonds. The summed E-state index contributed by atoms with van der Waals surface area (Å²) in [6.07, 6.45) is 3.65. The predicted molar refractivity (Wildman–Crippen MR) is 94.7 cm³/mol. The Bertz CT molecular complexity index is 774. The molecule has 1 N–H and O–H groups in total. The molecule has 25 heavy (non-hydrogen) atoms. The molecule has 2 aliphatic rings. The van der Waals surface area contributed by atoms with Gasteiger partial charge in [-0.15, -0.1) is 0 Å². The van der Waals surface area contributed by atoms with Crippen LogP contribution in [0.25, 0.3) is 0 Å². The average molecular weight is 365 g/mol. The fraction of sp³-hybridized carbons (Fsp3) is 0.529. The molecule has 3 rings (SSSR count). The van der Waals surface area contributed by atoms with E-state index in [0.29, 0.717) is 43.9 Å². The SMILES string of the molecule is CS(=O)(=O)N1CCCN(C(=O)c2cccc(NC(=O)C3CC3)c2)CC1. The topological polar surface area (TPSA) is 86.8 Å². The normalized spacial score (nSPS) is 19.3. The maximum absolute atomic E-state index is 12.7. The van der Waals surface area contributed by atoms with Crippen LogP contribution in [0.4, 0.5) is 5.69 Å². The van der Waals surface area contributed by atoms with Gasteiger partial charge in [-0.3, -0.25) is 9.59 Å². The zero-order valence-corrected chi connectivity index (χ0v) is 15.1. The van der Waals surface area contributed by atoms with Gasteiger partial charge in [0, 0.05) is 43.3 Å². The van der Waals surface area contributed by atoms with Crippen molar-refractivity contribution in [1.82, 2.24) is 9.21 Å². The first-order chi connectivity index (χ1) is 11.8. The quantitative estimate of drug-likeness (QED) is 0.867. The molecule has 136 valence electrons. The van der Waals surface area contributed by atoms with Crippen molar-refractivity contribution >= 4 is 27.5 Å². The van der Waals surface area contributed by atoms with Crippen molar-refractivity contribution in [2.75, 3.05) is 37.8 Å². The van der Waals surface area contributed by atoms with E-state index in [1.54, 1.807) is 29.2 Å². The fourth-order valence-corrected chi connectivity index (χ4v) is 3.80. The van der Waals surface area contributed by atoms with Crippen LogP contribution in [0.5, 0.6) is 0 Å². The summed E-state index contributed by atoms with van der Waals surface area (Å²) >= 11 is 0. The molecule has 7 nitrogen and oxygen atoms in total. The van der Waals surface area contributed by atoms with Crippen LogP contribution in [-0.4, -0.2) is 61.9 Å². The van der Waals surface area contributed by atoms with E-state index >= 15 is 0 Å². The van der Waals surface area contributed by atoms with Gasteiger partial charge < -0.3 is 10.2 Å². The first kappa shape index (κ1) is 17.9. The Kier molecular flexibility index (Phi) is 5.10. The van der Waals surface area contributed by atoms with Gasteiger partial charge in [-0.1, -0.05) is 6.07 Å². The highest BCUT2D eigenvalue weighted by Gasteiger charge is 2.30.